The van der Waals surface area contributed by atoms with Crippen molar-refractivity contribution in [2.24, 2.45) is 0 Å². The van der Waals surface area contributed by atoms with Crippen molar-refractivity contribution in [3.8, 4) is 0 Å². The molecule has 6 heteroatoms. The Morgan fingerprint density at radius 3 is 2.68 bits per heavy atom. The predicted molar refractivity (Wildman–Crippen MR) is 81.2 cm³/mol. The molecule has 0 bridgehead atoms. The summed E-state index contributed by atoms with van der Waals surface area (Å²) in [5.74, 6) is 0.619. The van der Waals surface area contributed by atoms with Gasteiger partial charge in [-0.3, -0.25) is 4.90 Å². The minimum Gasteiger partial charge on any atom is -0.399 e. The first-order chi connectivity index (χ1) is 8.50. The number of anilines is 1. The molecule has 0 saturated carbocycles. The summed E-state index contributed by atoms with van der Waals surface area (Å²) < 4.78 is 23.0. The maximum atomic E-state index is 11.5. The number of nitrogens with zero attached hydrogens (tertiary/aromatic N) is 1. The van der Waals surface area contributed by atoms with Crippen LogP contribution in [0.5, 0.6) is 0 Å². The topological polar surface area (TPSA) is 63.4 Å². The van der Waals surface area contributed by atoms with Gasteiger partial charge in [0.15, 0.2) is 9.84 Å². The zero-order valence-corrected chi connectivity index (χ0v) is 12.7. The summed E-state index contributed by atoms with van der Waals surface area (Å²) in [7, 11) is -2.82. The molecular weight excluding hydrogens is 284 g/mol. The number of benzene rings is 1. The first kappa shape index (κ1) is 16.3. The van der Waals surface area contributed by atoms with E-state index < -0.39 is 9.84 Å². The molecule has 1 aromatic carbocycles. The molecule has 1 aromatic rings. The lowest BCUT2D eigenvalue weighted by molar-refractivity contribution is 0.215. The minimum atomic E-state index is -2.82. The highest BCUT2D eigenvalue weighted by Crippen LogP contribution is 2.20. The van der Waals surface area contributed by atoms with Gasteiger partial charge in [0.2, 0.25) is 0 Å². The summed E-state index contributed by atoms with van der Waals surface area (Å²) >= 11 is 0. The second kappa shape index (κ2) is 6.59. The van der Waals surface area contributed by atoms with Crippen molar-refractivity contribution < 1.29 is 8.42 Å². The molecule has 1 unspecified atom stereocenters. The van der Waals surface area contributed by atoms with E-state index in [0.717, 1.165) is 30.8 Å². The predicted octanol–water partition coefficient (Wildman–Crippen LogP) is 1.70. The van der Waals surface area contributed by atoms with Crippen molar-refractivity contribution in [3.05, 3.63) is 29.8 Å². The number of hydrogen-bond donors (Lipinski definition) is 1. The van der Waals surface area contributed by atoms with Crippen LogP contribution in [0.25, 0.3) is 0 Å². The third-order valence-electron chi connectivity index (χ3n) is 3.47. The molecule has 0 spiro atoms. The first-order valence-electron chi connectivity index (χ1n) is 6.29. The van der Waals surface area contributed by atoms with Gasteiger partial charge >= 0.3 is 0 Å². The van der Waals surface area contributed by atoms with Crippen LogP contribution in [0, 0.1) is 0 Å². The summed E-state index contributed by atoms with van der Waals surface area (Å²) in [5, 5.41) is 0. The highest BCUT2D eigenvalue weighted by atomic mass is 35.5. The standard InChI is InChI=1S/C13H20N2O2S.ClH/c1-2-15(13-6-7-18(16,17)10-13)9-11-4-3-5-12(14)8-11;/h3-5,8,13H,2,6-7,9-10,14H2,1H3;1H. The van der Waals surface area contributed by atoms with Gasteiger partial charge < -0.3 is 5.73 Å². The summed E-state index contributed by atoms with van der Waals surface area (Å²) in [6.45, 7) is 3.69. The van der Waals surface area contributed by atoms with Crippen molar-refractivity contribution in [1.82, 2.24) is 4.90 Å². The fraction of sp³-hybridized carbons (Fsp3) is 0.538. The Morgan fingerprint density at radius 1 is 1.42 bits per heavy atom. The monoisotopic (exact) mass is 304 g/mol. The van der Waals surface area contributed by atoms with Gasteiger partial charge in [0, 0.05) is 18.3 Å². The van der Waals surface area contributed by atoms with E-state index in [4.69, 9.17) is 5.73 Å². The normalized spacial score (nSPS) is 21.3. The van der Waals surface area contributed by atoms with Crippen LogP contribution in [-0.4, -0.2) is 37.4 Å². The highest BCUT2D eigenvalue weighted by Gasteiger charge is 2.31. The molecule has 0 aromatic heterocycles. The molecule has 1 aliphatic rings. The number of rotatable bonds is 4. The van der Waals surface area contributed by atoms with Gasteiger partial charge in [-0.2, -0.15) is 0 Å². The molecule has 0 aliphatic carbocycles. The fourth-order valence-corrected chi connectivity index (χ4v) is 4.25. The van der Waals surface area contributed by atoms with E-state index in [2.05, 4.69) is 11.8 Å². The number of nitrogen functional groups attached to an aromatic ring is 1. The van der Waals surface area contributed by atoms with Crippen LogP contribution in [0.15, 0.2) is 24.3 Å². The van der Waals surface area contributed by atoms with E-state index in [9.17, 15) is 8.42 Å². The number of hydrogen-bond acceptors (Lipinski definition) is 4. The Bertz CT molecular complexity index is 519. The van der Waals surface area contributed by atoms with Crippen LogP contribution in [-0.2, 0) is 16.4 Å². The summed E-state index contributed by atoms with van der Waals surface area (Å²) in [6.07, 6.45) is 0.749. The van der Waals surface area contributed by atoms with Crippen molar-refractivity contribution >= 4 is 27.9 Å². The highest BCUT2D eigenvalue weighted by molar-refractivity contribution is 7.91. The lowest BCUT2D eigenvalue weighted by Crippen LogP contribution is -2.35. The van der Waals surface area contributed by atoms with Crippen molar-refractivity contribution in [2.45, 2.75) is 25.9 Å². The number of halogens is 1. The second-order valence-electron chi connectivity index (χ2n) is 4.86. The van der Waals surface area contributed by atoms with Gasteiger partial charge in [-0.05, 0) is 30.7 Å². The molecule has 2 rings (SSSR count). The lowest BCUT2D eigenvalue weighted by atomic mass is 10.1. The van der Waals surface area contributed by atoms with Crippen LogP contribution in [0.3, 0.4) is 0 Å². The number of nitrogens with two attached hydrogens (primary N) is 1. The smallest absolute Gasteiger partial charge is 0.151 e. The third kappa shape index (κ3) is 4.37. The number of sulfone groups is 1. The summed E-state index contributed by atoms with van der Waals surface area (Å²) in [6, 6.07) is 7.93. The molecule has 1 saturated heterocycles. The molecule has 4 nitrogen and oxygen atoms in total. The van der Waals surface area contributed by atoms with Crippen LogP contribution in [0.2, 0.25) is 0 Å². The quantitative estimate of drug-likeness (QED) is 0.860. The van der Waals surface area contributed by atoms with Crippen molar-refractivity contribution in [3.63, 3.8) is 0 Å². The second-order valence-corrected chi connectivity index (χ2v) is 7.09. The summed E-state index contributed by atoms with van der Waals surface area (Å²) in [5.41, 5.74) is 7.65. The average molecular weight is 305 g/mol. The minimum absolute atomic E-state index is 0. The molecule has 19 heavy (non-hydrogen) atoms. The molecule has 0 radical (unpaired) electrons. The van der Waals surface area contributed by atoms with Crippen molar-refractivity contribution in [1.29, 1.82) is 0 Å². The zero-order chi connectivity index (χ0) is 13.2. The molecule has 0 amide bonds. The first-order valence-corrected chi connectivity index (χ1v) is 8.11. The van der Waals surface area contributed by atoms with Gasteiger partial charge in [-0.15, -0.1) is 12.4 Å². The summed E-state index contributed by atoms with van der Waals surface area (Å²) in [4.78, 5) is 2.22. The molecular formula is C13H21ClN2O2S. The maximum absolute atomic E-state index is 11.5. The van der Waals surface area contributed by atoms with Crippen LogP contribution in [0.4, 0.5) is 5.69 Å². The zero-order valence-electron chi connectivity index (χ0n) is 11.1. The van der Waals surface area contributed by atoms with Gasteiger partial charge in [-0.1, -0.05) is 19.1 Å². The average Bonchev–Trinajstić information content (AvgIpc) is 2.66. The SMILES string of the molecule is CCN(Cc1cccc(N)c1)C1CCS(=O)(=O)C1.Cl. The third-order valence-corrected chi connectivity index (χ3v) is 5.22. The molecule has 2 N–H and O–H groups in total. The van der Waals surface area contributed by atoms with Gasteiger partial charge in [0.05, 0.1) is 11.5 Å². The Morgan fingerprint density at radius 2 is 2.16 bits per heavy atom. The van der Waals surface area contributed by atoms with Crippen LogP contribution < -0.4 is 5.73 Å². The van der Waals surface area contributed by atoms with Crippen LogP contribution >= 0.6 is 12.4 Å². The Kier molecular flexibility index (Phi) is 5.64. The Balaban J connectivity index is 0.00000180. The van der Waals surface area contributed by atoms with E-state index in [0.29, 0.717) is 11.5 Å². The van der Waals surface area contributed by atoms with E-state index in [1.807, 2.05) is 24.3 Å². The van der Waals surface area contributed by atoms with Crippen molar-refractivity contribution in [2.75, 3.05) is 23.8 Å². The van der Waals surface area contributed by atoms with E-state index in [-0.39, 0.29) is 18.4 Å². The molecule has 1 heterocycles. The molecule has 1 aliphatic heterocycles. The van der Waals surface area contributed by atoms with E-state index in [1.54, 1.807) is 0 Å². The largest absolute Gasteiger partial charge is 0.399 e. The van der Waals surface area contributed by atoms with Crippen LogP contribution in [0.1, 0.15) is 18.9 Å². The Hall–Kier alpha value is -0.780. The lowest BCUT2D eigenvalue weighted by Gasteiger charge is -2.26. The Labute approximate surface area is 121 Å². The van der Waals surface area contributed by atoms with Gasteiger partial charge in [0.25, 0.3) is 0 Å². The fourth-order valence-electron chi connectivity index (χ4n) is 2.49. The van der Waals surface area contributed by atoms with Gasteiger partial charge in [-0.25, -0.2) is 8.42 Å². The molecule has 108 valence electrons. The molecule has 1 atom stereocenters. The van der Waals surface area contributed by atoms with E-state index in [1.165, 1.54) is 0 Å². The van der Waals surface area contributed by atoms with Gasteiger partial charge in [0.1, 0.15) is 0 Å². The van der Waals surface area contributed by atoms with E-state index >= 15 is 0 Å². The maximum Gasteiger partial charge on any atom is 0.151 e. The molecule has 1 fully saturated rings.